The van der Waals surface area contributed by atoms with E-state index in [9.17, 15) is 13.5 Å². The summed E-state index contributed by atoms with van der Waals surface area (Å²) in [5, 5.41) is 10.2. The molecule has 0 radical (unpaired) electrons. The summed E-state index contributed by atoms with van der Waals surface area (Å²) in [7, 11) is -3.47. The lowest BCUT2D eigenvalue weighted by Crippen LogP contribution is -2.50. The molecule has 2 atom stereocenters. The van der Waals surface area contributed by atoms with Gasteiger partial charge in [-0.25, -0.2) is 8.42 Å². The van der Waals surface area contributed by atoms with Crippen LogP contribution in [-0.2, 0) is 19.5 Å². The Morgan fingerprint density at radius 3 is 2.45 bits per heavy atom. The van der Waals surface area contributed by atoms with E-state index in [4.69, 9.17) is 9.47 Å². The number of aliphatic hydroxyl groups is 1. The van der Waals surface area contributed by atoms with Crippen molar-refractivity contribution in [1.82, 2.24) is 9.21 Å². The molecule has 29 heavy (non-hydrogen) atoms. The second-order valence-corrected chi connectivity index (χ2v) is 10.2. The standard InChI is InChI=1S/C21H34N2O5S/c1-17(2)18-5-7-21(8-6-18)29(25,26)23-11-9-22(10-12-23)14-19(24)15-27-16-20-4-3-13-28-20/h5-8,17,19-20,24H,3-4,9-16H2,1-2H3/t19-,20-/m1/s1. The molecule has 0 spiro atoms. The monoisotopic (exact) mass is 426 g/mol. The number of ether oxygens (including phenoxy) is 2. The van der Waals surface area contributed by atoms with Crippen LogP contribution in [0.1, 0.15) is 38.2 Å². The molecule has 1 aromatic rings. The van der Waals surface area contributed by atoms with E-state index in [2.05, 4.69) is 18.7 Å². The molecule has 0 amide bonds. The van der Waals surface area contributed by atoms with Crippen molar-refractivity contribution in [1.29, 1.82) is 0 Å². The normalized spacial score (nSPS) is 23.0. The first-order valence-corrected chi connectivity index (χ1v) is 12.0. The molecule has 1 aromatic carbocycles. The summed E-state index contributed by atoms with van der Waals surface area (Å²) in [5.41, 5.74) is 1.13. The zero-order valence-corrected chi connectivity index (χ0v) is 18.3. The van der Waals surface area contributed by atoms with Gasteiger partial charge in [0.25, 0.3) is 0 Å². The minimum Gasteiger partial charge on any atom is -0.389 e. The average molecular weight is 427 g/mol. The number of piperazine rings is 1. The van der Waals surface area contributed by atoms with E-state index < -0.39 is 16.1 Å². The second kappa shape index (κ2) is 10.3. The van der Waals surface area contributed by atoms with Crippen LogP contribution in [0.3, 0.4) is 0 Å². The third kappa shape index (κ3) is 6.23. The fourth-order valence-electron chi connectivity index (χ4n) is 3.79. The van der Waals surface area contributed by atoms with Crippen LogP contribution in [0.25, 0.3) is 0 Å². The fraction of sp³-hybridized carbons (Fsp3) is 0.714. The highest BCUT2D eigenvalue weighted by atomic mass is 32.2. The first-order valence-electron chi connectivity index (χ1n) is 10.6. The van der Waals surface area contributed by atoms with E-state index in [1.807, 2.05) is 12.1 Å². The molecule has 164 valence electrons. The van der Waals surface area contributed by atoms with Crippen molar-refractivity contribution in [2.75, 3.05) is 52.5 Å². The summed E-state index contributed by atoms with van der Waals surface area (Å²) < 4.78 is 38.4. The van der Waals surface area contributed by atoms with Gasteiger partial charge in [0.15, 0.2) is 0 Å². The van der Waals surface area contributed by atoms with Gasteiger partial charge in [0.1, 0.15) is 0 Å². The van der Waals surface area contributed by atoms with E-state index in [0.29, 0.717) is 50.1 Å². The minimum absolute atomic E-state index is 0.158. The summed E-state index contributed by atoms with van der Waals surface area (Å²) in [6.07, 6.45) is 1.67. The van der Waals surface area contributed by atoms with E-state index in [-0.39, 0.29) is 12.7 Å². The predicted octanol–water partition coefficient (Wildman–Crippen LogP) is 1.67. The van der Waals surface area contributed by atoms with Gasteiger partial charge in [-0.1, -0.05) is 26.0 Å². The van der Waals surface area contributed by atoms with E-state index in [1.165, 1.54) is 4.31 Å². The van der Waals surface area contributed by atoms with Crippen molar-refractivity contribution in [2.45, 2.75) is 49.7 Å². The highest BCUT2D eigenvalue weighted by molar-refractivity contribution is 7.89. The zero-order valence-electron chi connectivity index (χ0n) is 17.5. The average Bonchev–Trinajstić information content (AvgIpc) is 3.22. The molecule has 0 aromatic heterocycles. The van der Waals surface area contributed by atoms with E-state index >= 15 is 0 Å². The lowest BCUT2D eigenvalue weighted by molar-refractivity contribution is -0.0270. The molecule has 7 nitrogen and oxygen atoms in total. The maximum atomic E-state index is 12.9. The summed E-state index contributed by atoms with van der Waals surface area (Å²) >= 11 is 0. The molecule has 3 rings (SSSR count). The molecule has 2 aliphatic heterocycles. The molecule has 0 saturated carbocycles. The largest absolute Gasteiger partial charge is 0.389 e. The number of benzene rings is 1. The van der Waals surface area contributed by atoms with Gasteiger partial charge in [-0.05, 0) is 36.5 Å². The molecule has 0 unspecified atom stereocenters. The molecule has 0 bridgehead atoms. The van der Waals surface area contributed by atoms with E-state index in [0.717, 1.165) is 25.0 Å². The number of hydrogen-bond donors (Lipinski definition) is 1. The molecule has 0 aliphatic carbocycles. The van der Waals surface area contributed by atoms with Crippen molar-refractivity contribution >= 4 is 10.0 Å². The van der Waals surface area contributed by atoms with Gasteiger partial charge in [0.2, 0.25) is 10.0 Å². The first-order chi connectivity index (χ1) is 13.9. The van der Waals surface area contributed by atoms with Crippen LogP contribution in [0.15, 0.2) is 29.2 Å². The molecule has 2 fully saturated rings. The zero-order chi connectivity index (χ0) is 20.9. The van der Waals surface area contributed by atoms with Gasteiger partial charge in [0, 0.05) is 39.3 Å². The first kappa shape index (κ1) is 22.7. The molecule has 1 N–H and O–H groups in total. The molecule has 2 heterocycles. The Morgan fingerprint density at radius 2 is 1.86 bits per heavy atom. The topological polar surface area (TPSA) is 79.3 Å². The fourth-order valence-corrected chi connectivity index (χ4v) is 5.21. The molecule has 2 aliphatic rings. The Morgan fingerprint density at radius 1 is 1.17 bits per heavy atom. The summed E-state index contributed by atoms with van der Waals surface area (Å²) in [6.45, 7) is 8.33. The maximum Gasteiger partial charge on any atom is 0.243 e. The van der Waals surface area contributed by atoms with Crippen LogP contribution < -0.4 is 0 Å². The SMILES string of the molecule is CC(C)c1ccc(S(=O)(=O)N2CCN(C[C@@H](O)COC[C@H]3CCCO3)CC2)cc1. The lowest BCUT2D eigenvalue weighted by atomic mass is 10.0. The van der Waals surface area contributed by atoms with Crippen LogP contribution >= 0.6 is 0 Å². The van der Waals surface area contributed by atoms with Gasteiger partial charge < -0.3 is 14.6 Å². The Bertz CT molecular complexity index is 724. The van der Waals surface area contributed by atoms with Gasteiger partial charge in [0.05, 0.1) is 30.3 Å². The van der Waals surface area contributed by atoms with Crippen molar-refractivity contribution in [2.24, 2.45) is 0 Å². The highest BCUT2D eigenvalue weighted by Gasteiger charge is 2.29. The second-order valence-electron chi connectivity index (χ2n) is 8.25. The summed E-state index contributed by atoms with van der Waals surface area (Å²) in [4.78, 5) is 2.44. The molecule has 2 saturated heterocycles. The number of hydrogen-bond acceptors (Lipinski definition) is 6. The van der Waals surface area contributed by atoms with Crippen LogP contribution in [0.2, 0.25) is 0 Å². The van der Waals surface area contributed by atoms with Gasteiger partial charge >= 0.3 is 0 Å². The Kier molecular flexibility index (Phi) is 8.07. The van der Waals surface area contributed by atoms with Crippen molar-refractivity contribution in [3.63, 3.8) is 0 Å². The predicted molar refractivity (Wildman–Crippen MR) is 112 cm³/mol. The number of aliphatic hydroxyl groups excluding tert-OH is 1. The van der Waals surface area contributed by atoms with Crippen LogP contribution in [-0.4, -0.2) is 87.5 Å². The van der Waals surface area contributed by atoms with Crippen LogP contribution in [0.5, 0.6) is 0 Å². The maximum absolute atomic E-state index is 12.9. The minimum atomic E-state index is -3.47. The van der Waals surface area contributed by atoms with Gasteiger partial charge in [-0.15, -0.1) is 0 Å². The highest BCUT2D eigenvalue weighted by Crippen LogP contribution is 2.21. The Balaban J connectivity index is 1.42. The van der Waals surface area contributed by atoms with Crippen molar-refractivity contribution < 1.29 is 23.0 Å². The number of β-amino-alcohol motifs (C(OH)–C–C–N with tert-alkyl or cyclic N) is 1. The summed E-state index contributed by atoms with van der Waals surface area (Å²) in [6, 6.07) is 7.18. The Hall–Kier alpha value is -1.03. The third-order valence-electron chi connectivity index (χ3n) is 5.62. The Labute approximate surface area is 174 Å². The molecular formula is C21H34N2O5S. The van der Waals surface area contributed by atoms with Gasteiger partial charge in [-0.2, -0.15) is 4.31 Å². The number of rotatable bonds is 9. The third-order valence-corrected chi connectivity index (χ3v) is 7.54. The van der Waals surface area contributed by atoms with Crippen LogP contribution in [0, 0.1) is 0 Å². The number of nitrogens with zero attached hydrogens (tertiary/aromatic N) is 2. The van der Waals surface area contributed by atoms with E-state index in [1.54, 1.807) is 12.1 Å². The smallest absolute Gasteiger partial charge is 0.243 e. The molecule has 8 heteroatoms. The lowest BCUT2D eigenvalue weighted by Gasteiger charge is -2.34. The van der Waals surface area contributed by atoms with Crippen molar-refractivity contribution in [3.8, 4) is 0 Å². The number of sulfonamides is 1. The van der Waals surface area contributed by atoms with Crippen LogP contribution in [0.4, 0.5) is 0 Å². The molecular weight excluding hydrogens is 392 g/mol. The summed E-state index contributed by atoms with van der Waals surface area (Å²) in [5.74, 6) is 0.372. The van der Waals surface area contributed by atoms with Crippen molar-refractivity contribution in [3.05, 3.63) is 29.8 Å². The van der Waals surface area contributed by atoms with Gasteiger partial charge in [-0.3, -0.25) is 4.90 Å². The quantitative estimate of drug-likeness (QED) is 0.647.